The number of likely N-dealkylation sites (N-methyl/N-ethyl adjacent to an activating group) is 1. The van der Waals surface area contributed by atoms with E-state index in [1.54, 1.807) is 24.9 Å². The summed E-state index contributed by atoms with van der Waals surface area (Å²) in [5.41, 5.74) is -0.761. The van der Waals surface area contributed by atoms with Crippen LogP contribution >= 0.6 is 0 Å². The molecule has 0 bridgehead atoms. The molecular weight excluding hydrogens is 262 g/mol. The standard InChI is InChI=1S/C13H19N3O4/c1-4-9-7-10(15-20-9)11(17)16-5-6-19-13(2,8-16)12(18)14-3/h7H,4-6,8H2,1-3H3,(H,14,18)/t13-/m0/s1. The Kier molecular flexibility index (Phi) is 4.08. The quantitative estimate of drug-likeness (QED) is 0.856. The lowest BCUT2D eigenvalue weighted by Crippen LogP contribution is -2.58. The lowest BCUT2D eigenvalue weighted by Gasteiger charge is -2.38. The van der Waals surface area contributed by atoms with Crippen LogP contribution in [-0.4, -0.2) is 54.2 Å². The number of hydrogen-bond donors (Lipinski definition) is 1. The minimum atomic E-state index is -1.03. The van der Waals surface area contributed by atoms with Crippen LogP contribution in [0, 0.1) is 0 Å². The van der Waals surface area contributed by atoms with Crippen LogP contribution in [0.1, 0.15) is 30.1 Å². The molecule has 0 spiro atoms. The van der Waals surface area contributed by atoms with Crippen LogP contribution in [0.15, 0.2) is 10.6 Å². The van der Waals surface area contributed by atoms with E-state index in [1.807, 2.05) is 6.92 Å². The number of ether oxygens (including phenoxy) is 1. The lowest BCUT2D eigenvalue weighted by atomic mass is 10.0. The van der Waals surface area contributed by atoms with Gasteiger partial charge in [-0.05, 0) is 6.92 Å². The van der Waals surface area contributed by atoms with E-state index < -0.39 is 5.60 Å². The van der Waals surface area contributed by atoms with Gasteiger partial charge in [0, 0.05) is 26.1 Å². The van der Waals surface area contributed by atoms with Gasteiger partial charge in [0.2, 0.25) is 0 Å². The van der Waals surface area contributed by atoms with Gasteiger partial charge >= 0.3 is 0 Å². The summed E-state index contributed by atoms with van der Waals surface area (Å²) in [6, 6.07) is 1.63. The molecule has 1 saturated heterocycles. The monoisotopic (exact) mass is 281 g/mol. The number of rotatable bonds is 3. The summed E-state index contributed by atoms with van der Waals surface area (Å²) in [7, 11) is 1.54. The number of hydrogen-bond acceptors (Lipinski definition) is 5. The van der Waals surface area contributed by atoms with Crippen molar-refractivity contribution in [2.75, 3.05) is 26.7 Å². The molecule has 7 heteroatoms. The van der Waals surface area contributed by atoms with Crippen LogP contribution in [0.2, 0.25) is 0 Å². The minimum Gasteiger partial charge on any atom is -0.362 e. The number of amides is 2. The number of carbonyl (C=O) groups excluding carboxylic acids is 2. The molecule has 1 atom stereocenters. The van der Waals surface area contributed by atoms with Crippen molar-refractivity contribution in [3.8, 4) is 0 Å². The van der Waals surface area contributed by atoms with Gasteiger partial charge in [-0.25, -0.2) is 0 Å². The Hall–Kier alpha value is -1.89. The summed E-state index contributed by atoms with van der Waals surface area (Å²) in [6.07, 6.45) is 0.680. The van der Waals surface area contributed by atoms with Crippen molar-refractivity contribution in [2.45, 2.75) is 25.9 Å². The normalized spacial score (nSPS) is 22.6. The number of carbonyl (C=O) groups is 2. The zero-order chi connectivity index (χ0) is 14.8. The van der Waals surface area contributed by atoms with Crippen LogP contribution in [0.3, 0.4) is 0 Å². The van der Waals surface area contributed by atoms with Crippen LogP contribution in [-0.2, 0) is 16.0 Å². The van der Waals surface area contributed by atoms with E-state index in [9.17, 15) is 9.59 Å². The maximum atomic E-state index is 12.3. The van der Waals surface area contributed by atoms with Crippen LogP contribution in [0.5, 0.6) is 0 Å². The largest absolute Gasteiger partial charge is 0.362 e. The van der Waals surface area contributed by atoms with Gasteiger partial charge in [0.15, 0.2) is 11.3 Å². The first-order valence-corrected chi connectivity index (χ1v) is 6.61. The molecule has 1 aliphatic heterocycles. The molecule has 2 amide bonds. The van der Waals surface area contributed by atoms with Crippen molar-refractivity contribution in [3.63, 3.8) is 0 Å². The molecule has 1 aromatic rings. The van der Waals surface area contributed by atoms with Crippen molar-refractivity contribution in [1.82, 2.24) is 15.4 Å². The first-order valence-electron chi connectivity index (χ1n) is 6.61. The Morgan fingerprint density at radius 3 is 2.90 bits per heavy atom. The Morgan fingerprint density at radius 2 is 2.30 bits per heavy atom. The van der Waals surface area contributed by atoms with E-state index in [0.717, 1.165) is 0 Å². The van der Waals surface area contributed by atoms with Crippen LogP contribution < -0.4 is 5.32 Å². The first-order chi connectivity index (χ1) is 9.50. The maximum Gasteiger partial charge on any atom is 0.276 e. The molecule has 0 aromatic carbocycles. The fourth-order valence-corrected chi connectivity index (χ4v) is 2.19. The Morgan fingerprint density at radius 1 is 1.55 bits per heavy atom. The van der Waals surface area contributed by atoms with E-state index in [-0.39, 0.29) is 24.1 Å². The summed E-state index contributed by atoms with van der Waals surface area (Å²) in [5.74, 6) is 0.173. The average molecular weight is 281 g/mol. The summed E-state index contributed by atoms with van der Waals surface area (Å²) in [6.45, 7) is 4.53. The van der Waals surface area contributed by atoms with E-state index >= 15 is 0 Å². The van der Waals surface area contributed by atoms with Crippen LogP contribution in [0.4, 0.5) is 0 Å². The van der Waals surface area contributed by atoms with E-state index in [4.69, 9.17) is 9.26 Å². The molecule has 0 unspecified atom stereocenters. The molecule has 2 rings (SSSR count). The van der Waals surface area contributed by atoms with Gasteiger partial charge in [0.1, 0.15) is 5.76 Å². The minimum absolute atomic E-state index is 0.194. The maximum absolute atomic E-state index is 12.3. The summed E-state index contributed by atoms with van der Waals surface area (Å²) in [5, 5.41) is 6.32. The van der Waals surface area contributed by atoms with Gasteiger partial charge in [-0.3, -0.25) is 9.59 Å². The highest BCUT2D eigenvalue weighted by atomic mass is 16.5. The van der Waals surface area contributed by atoms with Gasteiger partial charge in [-0.2, -0.15) is 0 Å². The predicted molar refractivity (Wildman–Crippen MR) is 70.2 cm³/mol. The number of morpholine rings is 1. The molecule has 110 valence electrons. The third-order valence-corrected chi connectivity index (χ3v) is 3.40. The summed E-state index contributed by atoms with van der Waals surface area (Å²) in [4.78, 5) is 25.7. The number of aromatic nitrogens is 1. The second-order valence-corrected chi connectivity index (χ2v) is 4.92. The third-order valence-electron chi connectivity index (χ3n) is 3.40. The average Bonchev–Trinajstić information content (AvgIpc) is 2.94. The molecule has 7 nitrogen and oxygen atoms in total. The zero-order valence-corrected chi connectivity index (χ0v) is 11.9. The van der Waals surface area contributed by atoms with Crippen molar-refractivity contribution in [1.29, 1.82) is 0 Å². The molecule has 0 saturated carbocycles. The SMILES string of the molecule is CCc1cc(C(=O)N2CCO[C@](C)(C(=O)NC)C2)no1. The first kappa shape index (κ1) is 14.5. The lowest BCUT2D eigenvalue weighted by molar-refractivity contribution is -0.153. The zero-order valence-electron chi connectivity index (χ0n) is 11.9. The molecule has 20 heavy (non-hydrogen) atoms. The third kappa shape index (κ3) is 2.67. The second kappa shape index (κ2) is 5.62. The van der Waals surface area contributed by atoms with Crippen molar-refractivity contribution in [2.24, 2.45) is 0 Å². The summed E-state index contributed by atoms with van der Waals surface area (Å²) >= 11 is 0. The van der Waals surface area contributed by atoms with Gasteiger partial charge in [0.05, 0.1) is 13.2 Å². The molecule has 2 heterocycles. The van der Waals surface area contributed by atoms with Gasteiger partial charge < -0.3 is 19.5 Å². The highest BCUT2D eigenvalue weighted by molar-refractivity contribution is 5.93. The second-order valence-electron chi connectivity index (χ2n) is 4.92. The van der Waals surface area contributed by atoms with Crippen molar-refractivity contribution in [3.05, 3.63) is 17.5 Å². The van der Waals surface area contributed by atoms with Gasteiger partial charge in [-0.15, -0.1) is 0 Å². The topological polar surface area (TPSA) is 84.7 Å². The number of aryl methyl sites for hydroxylation is 1. The van der Waals surface area contributed by atoms with E-state index in [1.165, 1.54) is 0 Å². The van der Waals surface area contributed by atoms with Gasteiger partial charge in [0.25, 0.3) is 11.8 Å². The number of nitrogens with zero attached hydrogens (tertiary/aromatic N) is 2. The van der Waals surface area contributed by atoms with Gasteiger partial charge in [-0.1, -0.05) is 12.1 Å². The Bertz CT molecular complexity index is 513. The van der Waals surface area contributed by atoms with Crippen molar-refractivity contribution >= 4 is 11.8 Å². The molecule has 0 aliphatic carbocycles. The Labute approximate surface area is 117 Å². The highest BCUT2D eigenvalue weighted by Gasteiger charge is 2.40. The molecular formula is C13H19N3O4. The molecule has 1 aliphatic rings. The predicted octanol–water partition coefficient (Wildman–Crippen LogP) is 0.214. The molecule has 0 radical (unpaired) electrons. The van der Waals surface area contributed by atoms with E-state index in [2.05, 4.69) is 10.5 Å². The fourth-order valence-electron chi connectivity index (χ4n) is 2.19. The number of nitrogens with one attached hydrogen (secondary N) is 1. The molecule has 1 fully saturated rings. The van der Waals surface area contributed by atoms with E-state index in [0.29, 0.717) is 25.3 Å². The molecule has 1 aromatic heterocycles. The highest BCUT2D eigenvalue weighted by Crippen LogP contribution is 2.19. The Balaban J connectivity index is 2.12. The van der Waals surface area contributed by atoms with Crippen molar-refractivity contribution < 1.29 is 18.8 Å². The molecule has 1 N–H and O–H groups in total. The smallest absolute Gasteiger partial charge is 0.276 e. The van der Waals surface area contributed by atoms with Crippen LogP contribution in [0.25, 0.3) is 0 Å². The summed E-state index contributed by atoms with van der Waals surface area (Å²) < 4.78 is 10.5. The fraction of sp³-hybridized carbons (Fsp3) is 0.615.